The van der Waals surface area contributed by atoms with E-state index in [-0.39, 0.29) is 19.0 Å². The highest BCUT2D eigenvalue weighted by Crippen LogP contribution is 2.47. The number of aryl methyl sites for hydroxylation is 1. The summed E-state index contributed by atoms with van der Waals surface area (Å²) in [6.45, 7) is 3.43. The molecule has 208 valence electrons. The van der Waals surface area contributed by atoms with E-state index in [9.17, 15) is 14.7 Å². The van der Waals surface area contributed by atoms with Gasteiger partial charge in [-0.05, 0) is 78.5 Å². The maximum Gasteiger partial charge on any atom is 0.264 e. The van der Waals surface area contributed by atoms with Crippen molar-refractivity contribution in [2.75, 3.05) is 13.1 Å². The van der Waals surface area contributed by atoms with Crippen LogP contribution in [0.25, 0.3) is 5.57 Å². The molecule has 0 bridgehead atoms. The van der Waals surface area contributed by atoms with Gasteiger partial charge >= 0.3 is 0 Å². The summed E-state index contributed by atoms with van der Waals surface area (Å²) in [7, 11) is 0. The second kappa shape index (κ2) is 12.1. The molecule has 0 saturated heterocycles. The molecule has 2 saturated carbocycles. The number of allylic oxidation sites excluding steroid dienone is 2. The van der Waals surface area contributed by atoms with Crippen molar-refractivity contribution in [1.29, 1.82) is 0 Å². The number of rotatable bonds is 11. The van der Waals surface area contributed by atoms with Crippen molar-refractivity contribution in [1.82, 2.24) is 20.9 Å². The zero-order chi connectivity index (χ0) is 28.1. The molecule has 0 aromatic heterocycles. The zero-order valence-corrected chi connectivity index (χ0v) is 23.1. The van der Waals surface area contributed by atoms with Crippen LogP contribution in [0.4, 0.5) is 0 Å². The molecule has 5 rings (SSSR count). The number of benzene rings is 2. The van der Waals surface area contributed by atoms with Crippen LogP contribution in [0.5, 0.6) is 0 Å². The highest BCUT2D eigenvalue weighted by molar-refractivity contribution is 5.96. The first-order chi connectivity index (χ1) is 19.4. The van der Waals surface area contributed by atoms with Gasteiger partial charge in [-0.1, -0.05) is 55.3 Å². The summed E-state index contributed by atoms with van der Waals surface area (Å²) in [5, 5.41) is 18.4. The average Bonchev–Trinajstić information content (AvgIpc) is 3.88. The molecule has 1 unspecified atom stereocenters. The third-order valence-corrected chi connectivity index (χ3v) is 7.99. The van der Waals surface area contributed by atoms with Crippen LogP contribution in [0, 0.1) is 12.3 Å². The average molecular weight is 539 g/mol. The monoisotopic (exact) mass is 538 g/mol. The SMILES string of the molecule is C#CCNC(O)C(=O)NCc1ccccc1C(=O)NC1(c2ccc(CC)c(C3=CN(C4CC4)CCC=C3)c2)CC1. The minimum atomic E-state index is -1.41. The van der Waals surface area contributed by atoms with Crippen LogP contribution < -0.4 is 16.0 Å². The van der Waals surface area contributed by atoms with Gasteiger partial charge < -0.3 is 20.6 Å². The molecule has 40 heavy (non-hydrogen) atoms. The Labute approximate surface area is 236 Å². The van der Waals surface area contributed by atoms with Crippen molar-refractivity contribution >= 4 is 17.4 Å². The molecule has 2 aliphatic carbocycles. The molecule has 7 nitrogen and oxygen atoms in total. The third-order valence-electron chi connectivity index (χ3n) is 7.99. The third kappa shape index (κ3) is 6.30. The molecule has 1 atom stereocenters. The number of nitrogens with zero attached hydrogens (tertiary/aromatic N) is 1. The predicted molar refractivity (Wildman–Crippen MR) is 157 cm³/mol. The van der Waals surface area contributed by atoms with E-state index < -0.39 is 17.7 Å². The van der Waals surface area contributed by atoms with Crippen LogP contribution >= 0.6 is 0 Å². The minimum absolute atomic E-state index is 0.0724. The largest absolute Gasteiger partial charge is 0.374 e. The van der Waals surface area contributed by atoms with E-state index in [1.54, 1.807) is 12.1 Å². The van der Waals surface area contributed by atoms with Crippen molar-refractivity contribution in [2.24, 2.45) is 0 Å². The molecule has 7 heteroatoms. The molecule has 2 aromatic rings. The van der Waals surface area contributed by atoms with Gasteiger partial charge in [-0.25, -0.2) is 0 Å². The van der Waals surface area contributed by atoms with E-state index in [0.717, 1.165) is 37.8 Å². The number of hydrogen-bond donors (Lipinski definition) is 4. The number of aliphatic hydroxyl groups excluding tert-OH is 1. The van der Waals surface area contributed by atoms with E-state index in [1.165, 1.54) is 29.5 Å². The van der Waals surface area contributed by atoms with Gasteiger partial charge in [-0.3, -0.25) is 14.9 Å². The van der Waals surface area contributed by atoms with Gasteiger partial charge in [-0.15, -0.1) is 6.42 Å². The van der Waals surface area contributed by atoms with Crippen molar-refractivity contribution in [2.45, 2.75) is 69.8 Å². The molecular formula is C33H38N4O3. The fraction of sp³-hybridized carbons (Fsp3) is 0.394. The summed E-state index contributed by atoms with van der Waals surface area (Å²) in [4.78, 5) is 28.3. The Morgan fingerprint density at radius 2 is 1.98 bits per heavy atom. The summed E-state index contributed by atoms with van der Waals surface area (Å²) < 4.78 is 0. The van der Waals surface area contributed by atoms with E-state index in [1.807, 2.05) is 12.1 Å². The second-order valence-electron chi connectivity index (χ2n) is 10.9. The summed E-state index contributed by atoms with van der Waals surface area (Å²) in [5.74, 6) is 1.54. The Hall–Kier alpha value is -3.86. The summed E-state index contributed by atoms with van der Waals surface area (Å²) in [6.07, 6.45) is 16.9. The van der Waals surface area contributed by atoms with Gasteiger partial charge in [0.25, 0.3) is 11.8 Å². The molecule has 4 N–H and O–H groups in total. The first kappa shape index (κ1) is 27.7. The maximum absolute atomic E-state index is 13.6. The van der Waals surface area contributed by atoms with Gasteiger partial charge in [0, 0.05) is 30.9 Å². The highest BCUT2D eigenvalue weighted by Gasteiger charge is 2.46. The molecular weight excluding hydrogens is 500 g/mol. The molecule has 1 heterocycles. The van der Waals surface area contributed by atoms with E-state index in [2.05, 4.69) is 70.2 Å². The number of aliphatic hydroxyl groups is 1. The Balaban J connectivity index is 1.33. The van der Waals surface area contributed by atoms with Crippen molar-refractivity contribution < 1.29 is 14.7 Å². The summed E-state index contributed by atoms with van der Waals surface area (Å²) in [5.41, 5.74) is 5.67. The zero-order valence-electron chi connectivity index (χ0n) is 23.1. The number of hydrogen-bond acceptors (Lipinski definition) is 5. The Morgan fingerprint density at radius 3 is 2.70 bits per heavy atom. The number of carbonyl (C=O) groups excluding carboxylic acids is 2. The standard InChI is InChI=1S/C33H38N4O3/c1-3-18-34-31(39)32(40)35-21-24-9-5-6-11-28(24)30(38)36-33(16-17-33)26-13-12-23(4-2)29(20-26)25-10-7-8-19-37(22-25)27-14-15-27/h1,5-7,9-13,20,22,27,31,34,39H,4,8,14-19,21H2,2H3,(H,35,40)(H,36,38). The van der Waals surface area contributed by atoms with Crippen LogP contribution in [-0.4, -0.2) is 47.2 Å². The molecule has 0 radical (unpaired) electrons. The van der Waals surface area contributed by atoms with Gasteiger partial charge in [0.2, 0.25) is 0 Å². The van der Waals surface area contributed by atoms with Crippen LogP contribution in [-0.2, 0) is 23.3 Å². The lowest BCUT2D eigenvalue weighted by Gasteiger charge is -2.23. The summed E-state index contributed by atoms with van der Waals surface area (Å²) >= 11 is 0. The van der Waals surface area contributed by atoms with Crippen LogP contribution in [0.15, 0.2) is 60.8 Å². The first-order valence-corrected chi connectivity index (χ1v) is 14.2. The molecule has 1 aliphatic heterocycles. The number of carbonyl (C=O) groups is 2. The lowest BCUT2D eigenvalue weighted by atomic mass is 9.92. The molecule has 3 aliphatic rings. The first-order valence-electron chi connectivity index (χ1n) is 14.2. The topological polar surface area (TPSA) is 93.7 Å². The van der Waals surface area contributed by atoms with Crippen molar-refractivity contribution in [3.63, 3.8) is 0 Å². The van der Waals surface area contributed by atoms with E-state index >= 15 is 0 Å². The van der Waals surface area contributed by atoms with Gasteiger partial charge in [0.1, 0.15) is 0 Å². The molecule has 2 aromatic carbocycles. The predicted octanol–water partition coefficient (Wildman–Crippen LogP) is 3.59. The lowest BCUT2D eigenvalue weighted by molar-refractivity contribution is -0.130. The lowest BCUT2D eigenvalue weighted by Crippen LogP contribution is -2.44. The fourth-order valence-electron chi connectivity index (χ4n) is 5.34. The van der Waals surface area contributed by atoms with Crippen LogP contribution in [0.1, 0.15) is 71.6 Å². The quantitative estimate of drug-likeness (QED) is 0.259. The van der Waals surface area contributed by atoms with Gasteiger partial charge in [0.15, 0.2) is 6.23 Å². The molecule has 2 amide bonds. The van der Waals surface area contributed by atoms with E-state index in [0.29, 0.717) is 17.2 Å². The Bertz CT molecular complexity index is 1360. The molecule has 0 spiro atoms. The summed E-state index contributed by atoms with van der Waals surface area (Å²) in [6, 6.07) is 14.5. The maximum atomic E-state index is 13.6. The van der Waals surface area contributed by atoms with E-state index in [4.69, 9.17) is 6.42 Å². The smallest absolute Gasteiger partial charge is 0.264 e. The normalized spacial score (nSPS) is 18.2. The Morgan fingerprint density at radius 1 is 1.18 bits per heavy atom. The number of amides is 2. The van der Waals surface area contributed by atoms with Crippen molar-refractivity contribution in [3.05, 3.63) is 88.6 Å². The highest BCUT2D eigenvalue weighted by atomic mass is 16.3. The minimum Gasteiger partial charge on any atom is -0.374 e. The Kier molecular flexibility index (Phi) is 8.39. The number of terminal acetylenes is 1. The van der Waals surface area contributed by atoms with Crippen molar-refractivity contribution in [3.8, 4) is 12.3 Å². The van der Waals surface area contributed by atoms with Crippen LogP contribution in [0.3, 0.4) is 0 Å². The van der Waals surface area contributed by atoms with Gasteiger partial charge in [0.05, 0.1) is 12.1 Å². The second-order valence-corrected chi connectivity index (χ2v) is 10.9. The number of nitrogens with one attached hydrogen (secondary N) is 3. The molecule has 2 fully saturated rings. The van der Waals surface area contributed by atoms with Crippen LogP contribution in [0.2, 0.25) is 0 Å². The van der Waals surface area contributed by atoms with Gasteiger partial charge in [-0.2, -0.15) is 0 Å². The fourth-order valence-corrected chi connectivity index (χ4v) is 5.34.